The molecule has 0 aromatic carbocycles. The first kappa shape index (κ1) is 13.3. The van der Waals surface area contributed by atoms with Gasteiger partial charge in [0.15, 0.2) is 0 Å². The molecule has 1 aliphatic carbocycles. The normalized spacial score (nSPS) is 32.9. The highest BCUT2D eigenvalue weighted by atomic mass is 16.5. The average Bonchev–Trinajstić information content (AvgIpc) is 3.00. The van der Waals surface area contributed by atoms with Gasteiger partial charge in [-0.15, -0.1) is 0 Å². The van der Waals surface area contributed by atoms with Crippen molar-refractivity contribution in [3.8, 4) is 0 Å². The van der Waals surface area contributed by atoms with Gasteiger partial charge in [-0.25, -0.2) is 0 Å². The minimum atomic E-state index is -0.227. The van der Waals surface area contributed by atoms with Crippen molar-refractivity contribution in [2.45, 2.75) is 50.5 Å². The number of ether oxygens (including phenoxy) is 1. The highest BCUT2D eigenvalue weighted by Crippen LogP contribution is 2.34. The Balaban J connectivity index is 1.32. The minimum Gasteiger partial charge on any atom is -0.472 e. The van der Waals surface area contributed by atoms with E-state index in [9.17, 15) is 4.79 Å². The molecule has 0 bridgehead atoms. The maximum atomic E-state index is 12.1. The van der Waals surface area contributed by atoms with Crippen molar-refractivity contribution in [3.63, 3.8) is 0 Å². The zero-order valence-electron chi connectivity index (χ0n) is 12.2. The van der Waals surface area contributed by atoms with Crippen LogP contribution in [0.5, 0.6) is 0 Å². The van der Waals surface area contributed by atoms with Gasteiger partial charge in [0.25, 0.3) is 0 Å². The molecule has 4 rings (SSSR count). The average molecular weight is 290 g/mol. The number of fused-ring (bicyclic) bond motifs is 1. The van der Waals surface area contributed by atoms with Crippen molar-refractivity contribution in [1.29, 1.82) is 0 Å². The Kier molecular flexibility index (Phi) is 3.47. The monoisotopic (exact) mass is 290 g/mol. The molecule has 2 aliphatic heterocycles. The molecular formula is C16H22N2O3. The van der Waals surface area contributed by atoms with E-state index in [-0.39, 0.29) is 18.1 Å². The standard InChI is InChI=1S/C16H22N2O3/c19-16(17-13-1-2-13)14-7-12-3-5-18(9-15(12)21-14)8-11-4-6-20-10-11/h4,6,10,12-15H,1-3,5,7-9H2,(H,17,19)/t12-,14-,15+/m0/s1. The number of carbonyl (C=O) groups is 1. The summed E-state index contributed by atoms with van der Waals surface area (Å²) >= 11 is 0. The van der Waals surface area contributed by atoms with E-state index in [1.807, 2.05) is 6.07 Å². The lowest BCUT2D eigenvalue weighted by atomic mass is 9.91. The molecule has 1 saturated carbocycles. The Morgan fingerprint density at radius 2 is 2.29 bits per heavy atom. The van der Waals surface area contributed by atoms with Gasteiger partial charge in [-0.05, 0) is 44.2 Å². The summed E-state index contributed by atoms with van der Waals surface area (Å²) in [5, 5.41) is 3.06. The SMILES string of the molecule is O=C(NC1CC1)[C@@H]1C[C@@H]2CCN(Cc3ccoc3)C[C@H]2O1. The second-order valence-corrected chi connectivity index (χ2v) is 6.60. The molecule has 1 aromatic heterocycles. The van der Waals surface area contributed by atoms with E-state index in [4.69, 9.17) is 9.15 Å². The van der Waals surface area contributed by atoms with E-state index >= 15 is 0 Å². The number of amides is 1. The Morgan fingerprint density at radius 1 is 1.38 bits per heavy atom. The van der Waals surface area contributed by atoms with Gasteiger partial charge in [0.05, 0.1) is 18.6 Å². The number of likely N-dealkylation sites (tertiary alicyclic amines) is 1. The summed E-state index contributed by atoms with van der Waals surface area (Å²) < 4.78 is 11.2. The summed E-state index contributed by atoms with van der Waals surface area (Å²) in [4.78, 5) is 14.5. The zero-order chi connectivity index (χ0) is 14.2. The fraction of sp³-hybridized carbons (Fsp3) is 0.688. The van der Waals surface area contributed by atoms with Gasteiger partial charge in [-0.1, -0.05) is 0 Å². The van der Waals surface area contributed by atoms with Crippen molar-refractivity contribution in [3.05, 3.63) is 24.2 Å². The summed E-state index contributed by atoms with van der Waals surface area (Å²) in [7, 11) is 0. The zero-order valence-corrected chi connectivity index (χ0v) is 12.2. The fourth-order valence-electron chi connectivity index (χ4n) is 3.47. The van der Waals surface area contributed by atoms with Crippen LogP contribution < -0.4 is 5.32 Å². The number of furan rings is 1. The molecule has 2 saturated heterocycles. The summed E-state index contributed by atoms with van der Waals surface area (Å²) in [6, 6.07) is 2.43. The quantitative estimate of drug-likeness (QED) is 0.914. The number of hydrogen-bond acceptors (Lipinski definition) is 4. The maximum Gasteiger partial charge on any atom is 0.249 e. The van der Waals surface area contributed by atoms with Gasteiger partial charge in [0, 0.05) is 24.7 Å². The maximum absolute atomic E-state index is 12.1. The molecule has 5 heteroatoms. The molecule has 21 heavy (non-hydrogen) atoms. The minimum absolute atomic E-state index is 0.105. The van der Waals surface area contributed by atoms with Crippen LogP contribution in [0.2, 0.25) is 0 Å². The molecule has 0 spiro atoms. The Hall–Kier alpha value is -1.33. The smallest absolute Gasteiger partial charge is 0.249 e. The molecule has 0 radical (unpaired) electrons. The van der Waals surface area contributed by atoms with Crippen LogP contribution >= 0.6 is 0 Å². The number of nitrogens with zero attached hydrogens (tertiary/aromatic N) is 1. The third kappa shape index (κ3) is 2.99. The molecule has 1 amide bonds. The lowest BCUT2D eigenvalue weighted by molar-refractivity contribution is -0.133. The van der Waals surface area contributed by atoms with Crippen LogP contribution in [0.25, 0.3) is 0 Å². The molecule has 3 aliphatic rings. The van der Waals surface area contributed by atoms with Crippen molar-refractivity contribution >= 4 is 5.91 Å². The van der Waals surface area contributed by atoms with E-state index in [1.165, 1.54) is 5.56 Å². The van der Waals surface area contributed by atoms with Crippen molar-refractivity contribution in [1.82, 2.24) is 10.2 Å². The molecular weight excluding hydrogens is 268 g/mol. The van der Waals surface area contributed by atoms with Crippen LogP contribution in [-0.2, 0) is 16.1 Å². The van der Waals surface area contributed by atoms with Gasteiger partial charge < -0.3 is 14.5 Å². The van der Waals surface area contributed by atoms with E-state index in [2.05, 4.69) is 10.2 Å². The topological polar surface area (TPSA) is 54.7 Å². The number of piperidine rings is 1. The predicted molar refractivity (Wildman–Crippen MR) is 76.5 cm³/mol. The summed E-state index contributed by atoms with van der Waals surface area (Å²) in [5.74, 6) is 0.647. The Bertz CT molecular complexity index is 498. The highest BCUT2D eigenvalue weighted by molar-refractivity contribution is 5.81. The van der Waals surface area contributed by atoms with Crippen LogP contribution in [0, 0.1) is 5.92 Å². The van der Waals surface area contributed by atoms with Gasteiger partial charge in [-0.3, -0.25) is 9.69 Å². The molecule has 5 nitrogen and oxygen atoms in total. The second kappa shape index (κ2) is 5.46. The molecule has 114 valence electrons. The van der Waals surface area contributed by atoms with Crippen LogP contribution in [-0.4, -0.2) is 42.1 Å². The third-order valence-electron chi connectivity index (χ3n) is 4.84. The number of nitrogens with one attached hydrogen (secondary N) is 1. The lowest BCUT2D eigenvalue weighted by Crippen LogP contribution is -2.42. The second-order valence-electron chi connectivity index (χ2n) is 6.60. The van der Waals surface area contributed by atoms with Gasteiger partial charge in [0.2, 0.25) is 5.91 Å². The van der Waals surface area contributed by atoms with E-state index in [1.54, 1.807) is 12.5 Å². The van der Waals surface area contributed by atoms with Gasteiger partial charge in [-0.2, -0.15) is 0 Å². The fourth-order valence-corrected chi connectivity index (χ4v) is 3.47. The van der Waals surface area contributed by atoms with Crippen molar-refractivity contribution in [2.24, 2.45) is 5.92 Å². The van der Waals surface area contributed by atoms with Crippen LogP contribution in [0.15, 0.2) is 23.0 Å². The molecule has 3 fully saturated rings. The first-order valence-corrected chi connectivity index (χ1v) is 7.97. The van der Waals surface area contributed by atoms with Gasteiger partial charge in [0.1, 0.15) is 6.10 Å². The largest absolute Gasteiger partial charge is 0.472 e. The first-order chi connectivity index (χ1) is 10.3. The summed E-state index contributed by atoms with van der Waals surface area (Å²) in [6.07, 6.45) is 7.77. The third-order valence-corrected chi connectivity index (χ3v) is 4.84. The molecule has 0 unspecified atom stereocenters. The van der Waals surface area contributed by atoms with Crippen LogP contribution in [0.1, 0.15) is 31.2 Å². The van der Waals surface area contributed by atoms with Crippen molar-refractivity contribution in [2.75, 3.05) is 13.1 Å². The first-order valence-electron chi connectivity index (χ1n) is 7.97. The Labute approximate surface area is 124 Å². The van der Waals surface area contributed by atoms with Gasteiger partial charge >= 0.3 is 0 Å². The molecule has 1 N–H and O–H groups in total. The van der Waals surface area contributed by atoms with E-state index in [0.717, 1.165) is 45.3 Å². The summed E-state index contributed by atoms with van der Waals surface area (Å²) in [5.41, 5.74) is 1.20. The number of rotatable bonds is 4. The van der Waals surface area contributed by atoms with Crippen LogP contribution in [0.4, 0.5) is 0 Å². The highest BCUT2D eigenvalue weighted by Gasteiger charge is 2.42. The number of hydrogen-bond donors (Lipinski definition) is 1. The van der Waals surface area contributed by atoms with E-state index in [0.29, 0.717) is 12.0 Å². The summed E-state index contributed by atoms with van der Waals surface area (Å²) in [6.45, 7) is 2.90. The predicted octanol–water partition coefficient (Wildman–Crippen LogP) is 1.54. The van der Waals surface area contributed by atoms with Crippen molar-refractivity contribution < 1.29 is 13.9 Å². The molecule has 3 atom stereocenters. The molecule has 3 heterocycles. The number of carbonyl (C=O) groups excluding carboxylic acids is 1. The Morgan fingerprint density at radius 3 is 3.05 bits per heavy atom. The van der Waals surface area contributed by atoms with E-state index < -0.39 is 0 Å². The molecule has 1 aromatic rings. The lowest BCUT2D eigenvalue weighted by Gasteiger charge is -2.33. The van der Waals surface area contributed by atoms with Crippen LogP contribution in [0.3, 0.4) is 0 Å².